The minimum absolute atomic E-state index is 0. The second kappa shape index (κ2) is 19.5. The standard InChI is InChI=1S/C78H61N5O.Pt/c1-76(2,3)51-39-42-79-73(45-51)83-69-30-15-12-25-60(69)61-37-35-54(47-72(61)83)84-53-20-16-19-52(46-53)80-48-81-74-62(26-17-31-70(74)80)56-22-9-8-21-55(56)57-36-33-49(50-34-38-65-66(44-50)78(6,7)41-40-77(65,4)5)43-64(57)63-27-18-32-71(75(63)81)82-67-28-13-10-23-58(67)59-24-11-14-29-68(59)82;/h8-39,42-45H,40-41H2,1-7H3;/q-2;/i4D3,5D3,6D3,7D3,34D,38D,40D2,41D2,44D;. The maximum Gasteiger partial charge on any atom is 0.268 e. The molecule has 0 saturated heterocycles. The molecular weight excluding hydrogens is 1220 g/mol. The molecule has 0 amide bonds. The van der Waals surface area contributed by atoms with Gasteiger partial charge in [0.2, 0.25) is 0 Å². The largest absolute Gasteiger partial charge is 0.510 e. The van der Waals surface area contributed by atoms with Gasteiger partial charge in [-0.2, -0.15) is 18.2 Å². The second-order valence-electron chi connectivity index (χ2n) is 22.6. The van der Waals surface area contributed by atoms with Gasteiger partial charge in [-0.15, -0.1) is 29.7 Å². The van der Waals surface area contributed by atoms with Crippen LogP contribution in [-0.2, 0) is 37.3 Å². The molecule has 2 aliphatic rings. The van der Waals surface area contributed by atoms with Crippen molar-refractivity contribution in [2.24, 2.45) is 0 Å². The summed E-state index contributed by atoms with van der Waals surface area (Å²) in [6.45, 7) is -10.4. The van der Waals surface area contributed by atoms with Crippen molar-refractivity contribution in [2.45, 2.75) is 77.2 Å². The summed E-state index contributed by atoms with van der Waals surface area (Å²) >= 11 is 0. The zero-order chi connectivity index (χ0) is 73.0. The Morgan fingerprint density at radius 2 is 1.16 bits per heavy atom. The van der Waals surface area contributed by atoms with Crippen LogP contribution >= 0.6 is 0 Å². The maximum atomic E-state index is 10.3. The molecule has 85 heavy (non-hydrogen) atoms. The van der Waals surface area contributed by atoms with Gasteiger partial charge in [-0.05, 0) is 144 Å². The zero-order valence-electron chi connectivity index (χ0n) is 65.0. The molecule has 14 aromatic rings. The fourth-order valence-electron chi connectivity index (χ4n) is 12.5. The predicted molar refractivity (Wildman–Crippen MR) is 344 cm³/mol. The van der Waals surface area contributed by atoms with Crippen molar-refractivity contribution < 1.29 is 56.4 Å². The molecule has 1 aliphatic carbocycles. The molecule has 0 atom stereocenters. The van der Waals surface area contributed by atoms with Crippen LogP contribution in [0.4, 0.5) is 0 Å². The van der Waals surface area contributed by atoms with E-state index in [9.17, 15) is 9.60 Å². The Kier molecular flexibility index (Phi) is 8.23. The third-order valence-electron chi connectivity index (χ3n) is 16.5. The molecule has 7 heteroatoms. The van der Waals surface area contributed by atoms with E-state index < -0.39 is 85.8 Å². The van der Waals surface area contributed by atoms with E-state index in [2.05, 4.69) is 66.6 Å². The monoisotopic (exact) mass is 1300 g/mol. The van der Waals surface area contributed by atoms with Gasteiger partial charge in [-0.1, -0.05) is 193 Å². The third kappa shape index (κ3) is 8.31. The summed E-state index contributed by atoms with van der Waals surface area (Å²) in [6.07, 6.45) is -3.38. The van der Waals surface area contributed by atoms with Gasteiger partial charge < -0.3 is 18.4 Å². The predicted octanol–water partition coefficient (Wildman–Crippen LogP) is 19.3. The fraction of sp³-hybridized carbons (Fsp3) is 0.154. The number of fused-ring (bicyclic) bond motifs is 14. The van der Waals surface area contributed by atoms with E-state index >= 15 is 0 Å². The van der Waals surface area contributed by atoms with Crippen LogP contribution in [0.5, 0.6) is 11.5 Å². The quantitative estimate of drug-likeness (QED) is 0.123. The Labute approximate surface area is 537 Å². The first kappa shape index (κ1) is 35.9. The number of imidazole rings is 1. The number of nitrogens with zero attached hydrogens (tertiary/aromatic N) is 5. The molecule has 1 aliphatic heterocycles. The molecule has 5 heterocycles. The van der Waals surface area contributed by atoms with Crippen LogP contribution < -0.4 is 9.30 Å². The summed E-state index contributed by atoms with van der Waals surface area (Å²) < 4.78 is 190. The average molecular weight is 1300 g/mol. The normalized spacial score (nSPS) is 19.1. The van der Waals surface area contributed by atoms with Gasteiger partial charge >= 0.3 is 0 Å². The second-order valence-corrected chi connectivity index (χ2v) is 22.6. The van der Waals surface area contributed by atoms with E-state index in [4.69, 9.17) is 26.2 Å². The number of ether oxygens (including phenoxy) is 1. The number of hydrogen-bond donors (Lipinski definition) is 0. The van der Waals surface area contributed by atoms with E-state index in [0.29, 0.717) is 61.8 Å². The molecule has 6 nitrogen and oxygen atoms in total. The van der Waals surface area contributed by atoms with Crippen molar-refractivity contribution >= 4 is 54.6 Å². The van der Waals surface area contributed by atoms with Gasteiger partial charge in [0.15, 0.2) is 0 Å². The number of pyridine rings is 1. The van der Waals surface area contributed by atoms with Crippen LogP contribution in [0, 0.1) is 18.5 Å². The summed E-state index contributed by atoms with van der Waals surface area (Å²) in [5.74, 6) is 1.50. The summed E-state index contributed by atoms with van der Waals surface area (Å²) in [5.41, 5.74) is -1.53. The molecule has 416 valence electrons. The van der Waals surface area contributed by atoms with E-state index in [-0.39, 0.29) is 32.0 Å². The van der Waals surface area contributed by atoms with Crippen LogP contribution in [-0.4, -0.2) is 18.7 Å². The molecule has 0 saturated carbocycles. The fourth-order valence-corrected chi connectivity index (χ4v) is 12.5. The first-order valence-electron chi connectivity index (χ1n) is 37.2. The van der Waals surface area contributed by atoms with Gasteiger partial charge in [0.1, 0.15) is 5.82 Å². The number of benzene rings is 10. The molecular formula is C78H61N5OPt-2. The van der Waals surface area contributed by atoms with Gasteiger partial charge in [0.25, 0.3) is 6.33 Å². The molecule has 4 aromatic heterocycles. The van der Waals surface area contributed by atoms with Gasteiger partial charge in [0.05, 0.1) is 37.6 Å². The van der Waals surface area contributed by atoms with Crippen LogP contribution in [0.25, 0.3) is 122 Å². The summed E-state index contributed by atoms with van der Waals surface area (Å²) in [4.78, 5) is 4.87. The molecule has 0 bridgehead atoms. The summed E-state index contributed by atoms with van der Waals surface area (Å²) in [5, 5.41) is 3.85. The first-order chi connectivity index (χ1) is 48.6. The number of para-hydroxylation sites is 5. The van der Waals surface area contributed by atoms with E-state index in [1.165, 1.54) is 6.07 Å². The van der Waals surface area contributed by atoms with Gasteiger partial charge in [0, 0.05) is 77.0 Å². The Hall–Kier alpha value is -9.09. The zero-order valence-corrected chi connectivity index (χ0v) is 48.3. The topological polar surface area (TPSA) is 40.8 Å². The maximum absolute atomic E-state index is 10.3. The Balaban J connectivity index is 0.00000870. The van der Waals surface area contributed by atoms with Crippen LogP contribution in [0.3, 0.4) is 0 Å². The Bertz CT molecular complexity index is 5850. The third-order valence-corrected chi connectivity index (χ3v) is 16.5. The molecule has 0 fully saturated rings. The van der Waals surface area contributed by atoms with Crippen molar-refractivity contribution in [1.82, 2.24) is 18.7 Å². The van der Waals surface area contributed by atoms with Crippen molar-refractivity contribution in [3.8, 4) is 78.9 Å². The Morgan fingerprint density at radius 3 is 1.91 bits per heavy atom. The summed E-state index contributed by atoms with van der Waals surface area (Å²) in [7, 11) is 0. The van der Waals surface area contributed by atoms with Crippen molar-refractivity contribution in [3.63, 3.8) is 0 Å². The van der Waals surface area contributed by atoms with Gasteiger partial charge in [-0.25, -0.2) is 4.98 Å². The molecule has 0 N–H and O–H groups in total. The van der Waals surface area contributed by atoms with Crippen LogP contribution in [0.2, 0.25) is 0 Å². The molecule has 0 radical (unpaired) electrons. The van der Waals surface area contributed by atoms with E-state index in [1.54, 1.807) is 12.1 Å². The van der Waals surface area contributed by atoms with E-state index in [1.807, 2.05) is 173 Å². The first-order valence-corrected chi connectivity index (χ1v) is 27.7. The number of aromatic nitrogens is 5. The average Bonchev–Trinajstić information content (AvgIpc) is 0.776. The Morgan fingerprint density at radius 1 is 0.553 bits per heavy atom. The number of hydrogen-bond acceptors (Lipinski definition) is 2. The molecule has 16 rings (SSSR count). The molecule has 0 unspecified atom stereocenters. The van der Waals surface area contributed by atoms with Crippen LogP contribution in [0.15, 0.2) is 218 Å². The molecule has 10 aromatic carbocycles. The van der Waals surface area contributed by atoms with Gasteiger partial charge in [-0.3, -0.25) is 4.57 Å². The minimum Gasteiger partial charge on any atom is -0.510 e. The SMILES string of the molecule is [2H]c1c([2H])c2c(c([2H])c1-c1ccc3c(c1)-c1cccc(-n4c5ccccc5c5ccccc54)c1-[n+]1[c-]n(-c4[c-]c(Oc5[c-]c6c(cc5)c5ccccc5n6-c5cc(C(C)(C)C)ccn5)ccc4)c4cccc(c41)-c1ccccc1-3)C(C([2H])([2H])[2H])(C([2H])([2H])[2H])C([2H])([2H])C([2H])([2H])C2(C([2H])([2H])[2H])C([2H])([2H])[2H].[Pt]. The smallest absolute Gasteiger partial charge is 0.268 e. The van der Waals surface area contributed by atoms with E-state index in [0.717, 1.165) is 66.1 Å². The number of rotatable bonds is 6. The van der Waals surface area contributed by atoms with Crippen LogP contribution in [0.1, 0.15) is 104 Å². The van der Waals surface area contributed by atoms with Crippen molar-refractivity contribution in [1.29, 1.82) is 0 Å². The van der Waals surface area contributed by atoms with Crippen molar-refractivity contribution in [3.05, 3.63) is 254 Å². The molecule has 0 spiro atoms. The minimum atomic E-state index is -4.50. The summed E-state index contributed by atoms with van der Waals surface area (Å²) in [6, 6.07) is 65.1. The van der Waals surface area contributed by atoms with Crippen molar-refractivity contribution in [2.75, 3.05) is 0 Å².